The highest BCUT2D eigenvalue weighted by Gasteiger charge is 2.34. The molecule has 1 aliphatic heterocycles. The summed E-state index contributed by atoms with van der Waals surface area (Å²) in [7, 11) is -3.99. The molecule has 1 heterocycles. The number of nitrogens with one attached hydrogen (secondary N) is 1. The highest BCUT2D eigenvalue weighted by molar-refractivity contribution is 7.89. The second kappa shape index (κ2) is 6.46. The van der Waals surface area contributed by atoms with Crippen LogP contribution in [-0.2, 0) is 21.0 Å². The van der Waals surface area contributed by atoms with Crippen molar-refractivity contribution < 1.29 is 31.3 Å². The molecular weight excluding hydrogens is 335 g/mol. The summed E-state index contributed by atoms with van der Waals surface area (Å²) in [6, 6.07) is 3.68. The van der Waals surface area contributed by atoms with E-state index in [1.807, 2.05) is 0 Å². The number of quaternary nitrogens is 1. The molecule has 0 aliphatic carbocycles. The third kappa shape index (κ3) is 4.21. The number of hydrogen-bond donors (Lipinski definition) is 2. The van der Waals surface area contributed by atoms with E-state index >= 15 is 0 Å². The van der Waals surface area contributed by atoms with Crippen LogP contribution >= 0.6 is 0 Å². The Morgan fingerprint density at radius 3 is 2.39 bits per heavy atom. The Morgan fingerprint density at radius 2 is 1.87 bits per heavy atom. The van der Waals surface area contributed by atoms with Crippen LogP contribution in [0.5, 0.6) is 0 Å². The van der Waals surface area contributed by atoms with Gasteiger partial charge >= 0.3 is 6.18 Å². The number of piperazine rings is 1. The van der Waals surface area contributed by atoms with E-state index in [1.165, 1.54) is 0 Å². The van der Waals surface area contributed by atoms with Crippen molar-refractivity contribution in [3.8, 4) is 0 Å². The summed E-state index contributed by atoms with van der Waals surface area (Å²) >= 11 is 0. The summed E-state index contributed by atoms with van der Waals surface area (Å²) in [5.74, 6) is -0.478. The summed E-state index contributed by atoms with van der Waals surface area (Å²) in [6.45, 7) is 1.11. The minimum absolute atomic E-state index is 0.109. The highest BCUT2D eigenvalue weighted by Crippen LogP contribution is 2.31. The van der Waals surface area contributed by atoms with E-state index in [4.69, 9.17) is 5.73 Å². The van der Waals surface area contributed by atoms with E-state index in [9.17, 15) is 26.4 Å². The predicted molar refractivity (Wildman–Crippen MR) is 75.0 cm³/mol. The molecule has 0 bridgehead atoms. The summed E-state index contributed by atoms with van der Waals surface area (Å²) < 4.78 is 64.2. The SMILES string of the molecule is NC(=O)C[NH+]1CCN(S(=O)(=O)c2cccc(C(F)(F)F)c2)CC1. The monoisotopic (exact) mass is 352 g/mol. The molecule has 1 amide bonds. The summed E-state index contributed by atoms with van der Waals surface area (Å²) in [5.41, 5.74) is 4.09. The van der Waals surface area contributed by atoms with Crippen LogP contribution in [0.25, 0.3) is 0 Å². The van der Waals surface area contributed by atoms with Crippen LogP contribution < -0.4 is 10.6 Å². The summed E-state index contributed by atoms with van der Waals surface area (Å²) in [4.78, 5) is 11.3. The zero-order valence-electron chi connectivity index (χ0n) is 12.1. The number of sulfonamides is 1. The van der Waals surface area contributed by atoms with Gasteiger partial charge in [-0.15, -0.1) is 0 Å². The Balaban J connectivity index is 2.16. The third-order valence-electron chi connectivity index (χ3n) is 3.65. The minimum Gasteiger partial charge on any atom is -0.365 e. The highest BCUT2D eigenvalue weighted by atomic mass is 32.2. The Morgan fingerprint density at radius 1 is 1.26 bits per heavy atom. The van der Waals surface area contributed by atoms with Crippen LogP contribution in [0.2, 0.25) is 0 Å². The van der Waals surface area contributed by atoms with Gasteiger partial charge in [-0.2, -0.15) is 17.5 Å². The van der Waals surface area contributed by atoms with Gasteiger partial charge in [0.2, 0.25) is 10.0 Å². The van der Waals surface area contributed by atoms with Crippen molar-refractivity contribution in [2.45, 2.75) is 11.1 Å². The van der Waals surface area contributed by atoms with Gasteiger partial charge in [0.15, 0.2) is 6.54 Å². The lowest BCUT2D eigenvalue weighted by atomic mass is 10.2. The first-order valence-corrected chi connectivity index (χ1v) is 8.34. The molecule has 3 N–H and O–H groups in total. The number of benzene rings is 1. The Kier molecular flexibility index (Phi) is 4.97. The van der Waals surface area contributed by atoms with Crippen LogP contribution in [0.1, 0.15) is 5.56 Å². The van der Waals surface area contributed by atoms with Gasteiger partial charge in [-0.05, 0) is 18.2 Å². The van der Waals surface area contributed by atoms with Crippen molar-refractivity contribution in [3.05, 3.63) is 29.8 Å². The maximum Gasteiger partial charge on any atom is 0.416 e. The van der Waals surface area contributed by atoms with E-state index in [2.05, 4.69) is 0 Å². The summed E-state index contributed by atoms with van der Waals surface area (Å²) in [5, 5.41) is 0. The Labute approximate surface area is 131 Å². The normalized spacial score (nSPS) is 18.0. The lowest BCUT2D eigenvalue weighted by Gasteiger charge is -2.30. The molecule has 0 spiro atoms. The molecule has 23 heavy (non-hydrogen) atoms. The molecule has 2 rings (SSSR count). The number of rotatable bonds is 4. The van der Waals surface area contributed by atoms with Gasteiger partial charge in [0.05, 0.1) is 36.6 Å². The maximum absolute atomic E-state index is 12.7. The number of nitrogens with zero attached hydrogens (tertiary/aromatic N) is 1. The summed E-state index contributed by atoms with van der Waals surface area (Å²) in [6.07, 6.45) is -4.60. The van der Waals surface area contributed by atoms with Gasteiger partial charge in [0, 0.05) is 0 Å². The number of halogens is 3. The number of carbonyl (C=O) groups is 1. The molecule has 1 aliphatic rings. The van der Waals surface area contributed by atoms with E-state index < -0.39 is 27.7 Å². The van der Waals surface area contributed by atoms with E-state index in [0.717, 1.165) is 27.4 Å². The average molecular weight is 352 g/mol. The van der Waals surface area contributed by atoms with Crippen molar-refractivity contribution in [2.75, 3.05) is 32.7 Å². The van der Waals surface area contributed by atoms with Crippen molar-refractivity contribution in [3.63, 3.8) is 0 Å². The second-order valence-electron chi connectivity index (χ2n) is 5.32. The van der Waals surface area contributed by atoms with Crippen LogP contribution in [0.3, 0.4) is 0 Å². The zero-order valence-corrected chi connectivity index (χ0v) is 13.0. The van der Waals surface area contributed by atoms with Gasteiger partial charge in [-0.3, -0.25) is 4.79 Å². The lowest BCUT2D eigenvalue weighted by Crippen LogP contribution is -3.15. The number of primary amides is 1. The molecule has 0 unspecified atom stereocenters. The molecule has 1 fully saturated rings. The number of carbonyl (C=O) groups excluding carboxylic acids is 1. The topological polar surface area (TPSA) is 84.9 Å². The molecule has 0 radical (unpaired) electrons. The molecule has 1 aromatic rings. The van der Waals surface area contributed by atoms with E-state index in [1.54, 1.807) is 0 Å². The fourth-order valence-corrected chi connectivity index (χ4v) is 3.94. The third-order valence-corrected chi connectivity index (χ3v) is 5.55. The quantitative estimate of drug-likeness (QED) is 0.735. The molecule has 0 atom stereocenters. The fraction of sp³-hybridized carbons (Fsp3) is 0.462. The second-order valence-corrected chi connectivity index (χ2v) is 7.26. The first-order valence-electron chi connectivity index (χ1n) is 6.90. The van der Waals surface area contributed by atoms with Gasteiger partial charge < -0.3 is 10.6 Å². The molecule has 0 saturated carbocycles. The maximum atomic E-state index is 12.7. The van der Waals surface area contributed by atoms with Gasteiger partial charge in [0.25, 0.3) is 5.91 Å². The molecule has 0 aromatic heterocycles. The number of alkyl halides is 3. The molecule has 6 nitrogen and oxygen atoms in total. The van der Waals surface area contributed by atoms with E-state index in [0.29, 0.717) is 19.2 Å². The van der Waals surface area contributed by atoms with Crippen LogP contribution in [0, 0.1) is 0 Å². The predicted octanol–water partition coefficient (Wildman–Crippen LogP) is -0.920. The lowest BCUT2D eigenvalue weighted by molar-refractivity contribution is -0.895. The van der Waals surface area contributed by atoms with Crippen molar-refractivity contribution in [2.24, 2.45) is 5.73 Å². The van der Waals surface area contributed by atoms with Crippen LogP contribution in [0.15, 0.2) is 29.2 Å². The zero-order chi connectivity index (χ0) is 17.3. The number of amides is 1. The van der Waals surface area contributed by atoms with Crippen molar-refractivity contribution >= 4 is 15.9 Å². The van der Waals surface area contributed by atoms with Crippen LogP contribution in [0.4, 0.5) is 13.2 Å². The van der Waals surface area contributed by atoms with Gasteiger partial charge in [0.1, 0.15) is 0 Å². The average Bonchev–Trinajstić information content (AvgIpc) is 2.46. The molecule has 1 aromatic carbocycles. The smallest absolute Gasteiger partial charge is 0.365 e. The molecule has 1 saturated heterocycles. The standard InChI is InChI=1S/C13H16F3N3O3S/c14-13(15,16)10-2-1-3-11(8-10)23(21,22)19-6-4-18(5-7-19)9-12(17)20/h1-3,8H,4-7,9H2,(H2,17,20)/p+1. The Hall–Kier alpha value is -1.65. The Bertz CT molecular complexity index is 683. The molecule has 10 heteroatoms. The number of nitrogens with two attached hydrogens (primary N) is 1. The minimum atomic E-state index is -4.60. The first kappa shape index (κ1) is 17.7. The van der Waals surface area contributed by atoms with Gasteiger partial charge in [-0.1, -0.05) is 6.07 Å². The molecule has 128 valence electrons. The largest absolute Gasteiger partial charge is 0.416 e. The van der Waals surface area contributed by atoms with E-state index in [-0.39, 0.29) is 24.5 Å². The van der Waals surface area contributed by atoms with Crippen LogP contribution in [-0.4, -0.2) is 51.4 Å². The fourth-order valence-electron chi connectivity index (χ4n) is 2.45. The van der Waals surface area contributed by atoms with Gasteiger partial charge in [-0.25, -0.2) is 8.42 Å². The van der Waals surface area contributed by atoms with Crippen molar-refractivity contribution in [1.29, 1.82) is 0 Å². The first-order chi connectivity index (χ1) is 10.6. The number of hydrogen-bond acceptors (Lipinski definition) is 3. The van der Waals surface area contributed by atoms with Crippen molar-refractivity contribution in [1.82, 2.24) is 4.31 Å². The molecular formula is C13H17F3N3O3S+.